The smallest absolute Gasteiger partial charge is 0.242 e. The van der Waals surface area contributed by atoms with Gasteiger partial charge in [0.25, 0.3) is 0 Å². The van der Waals surface area contributed by atoms with E-state index in [0.717, 1.165) is 34.7 Å². The van der Waals surface area contributed by atoms with Crippen molar-refractivity contribution in [1.29, 1.82) is 0 Å². The number of aromatic hydroxyl groups is 1. The van der Waals surface area contributed by atoms with Gasteiger partial charge in [0.05, 0.1) is 7.11 Å². The van der Waals surface area contributed by atoms with Crippen LogP contribution in [0.2, 0.25) is 19.6 Å². The van der Waals surface area contributed by atoms with Crippen LogP contribution in [0.5, 0.6) is 17.2 Å². The Kier molecular flexibility index (Phi) is 11.2. The lowest BCUT2D eigenvalue weighted by Gasteiger charge is -2.26. The predicted octanol–water partition coefficient (Wildman–Crippen LogP) is 3.50. The summed E-state index contributed by atoms with van der Waals surface area (Å²) in [6, 6.07) is 10.0. The minimum atomic E-state index is -1.58. The molecule has 2 rings (SSSR count). The Morgan fingerprint density at radius 1 is 0.939 bits per heavy atom. The number of methoxy groups -OCH3 is 1. The van der Waals surface area contributed by atoms with Crippen molar-refractivity contribution in [2.24, 2.45) is 0 Å². The number of hydrogen-bond donors (Lipinski definition) is 2. The summed E-state index contributed by atoms with van der Waals surface area (Å²) >= 11 is 0. The van der Waals surface area contributed by atoms with Gasteiger partial charge in [-0.3, -0.25) is 0 Å². The van der Waals surface area contributed by atoms with E-state index in [4.69, 9.17) is 9.16 Å². The number of quaternary nitrogens is 1. The average Bonchev–Trinajstić information content (AvgIpc) is 2.62. The Morgan fingerprint density at radius 2 is 1.42 bits per heavy atom. The van der Waals surface area contributed by atoms with Crippen LogP contribution in [-0.4, -0.2) is 20.5 Å². The lowest BCUT2D eigenvalue weighted by molar-refractivity contribution is -0.255. The van der Waals surface area contributed by atoms with Gasteiger partial charge in [0.2, 0.25) is 8.32 Å². The Labute approximate surface area is 208 Å². The minimum Gasteiger partial charge on any atom is -1.00 e. The van der Waals surface area contributed by atoms with Gasteiger partial charge >= 0.3 is 0 Å². The Bertz CT molecular complexity index is 887. The first-order valence-corrected chi connectivity index (χ1v) is 14.6. The molecular formula is C27H44ClNO3Si. The van der Waals surface area contributed by atoms with Crippen LogP contribution >= 0.6 is 0 Å². The van der Waals surface area contributed by atoms with E-state index in [9.17, 15) is 5.11 Å². The number of phenols is 1. The maximum Gasteiger partial charge on any atom is 0.242 e. The number of rotatable bonds is 5. The molecule has 0 spiro atoms. The monoisotopic (exact) mass is 493 g/mol. The number of benzene rings is 2. The third-order valence-electron chi connectivity index (χ3n) is 4.81. The second kappa shape index (κ2) is 12.0. The molecular weight excluding hydrogens is 450 g/mol. The van der Waals surface area contributed by atoms with Gasteiger partial charge in [-0.2, -0.15) is 0 Å². The topological polar surface area (TPSA) is 66.3 Å². The molecule has 0 aromatic heterocycles. The number of allylic oxidation sites excluding steroid dienone is 1. The number of phenolic OH excluding ortho intramolecular Hbond substituents is 1. The van der Waals surface area contributed by atoms with Crippen LogP contribution < -0.4 is 27.3 Å². The molecule has 0 aliphatic rings. The summed E-state index contributed by atoms with van der Waals surface area (Å²) in [5, 5.41) is 10.4. The molecule has 6 heteroatoms. The zero-order valence-electron chi connectivity index (χ0n) is 22.2. The normalized spacial score (nSPS) is 11.6. The van der Waals surface area contributed by atoms with Crippen LogP contribution in [0.15, 0.2) is 43.0 Å². The second-order valence-corrected chi connectivity index (χ2v) is 15.7. The standard InChI is InChI=1S/C14H23NO.C13H20O2Si.ClH/c1-13(2,3)10-7-9(15)8-11(12(10)16)14(4,5)6;1-6-7-11-8-9-12(13(10-11)14-2)15-16(3,4)5;/h7-8,16H,15H2,1-6H3;6,8-10H,1,7H2,2-5H3;1H. The predicted molar refractivity (Wildman–Crippen MR) is 139 cm³/mol. The van der Waals surface area contributed by atoms with Crippen LogP contribution in [0.3, 0.4) is 0 Å². The first kappa shape index (κ1) is 31.0. The lowest BCUT2D eigenvalue weighted by atomic mass is 9.79. The van der Waals surface area contributed by atoms with E-state index >= 15 is 0 Å². The molecule has 0 aliphatic heterocycles. The van der Waals surface area contributed by atoms with Gasteiger partial charge < -0.3 is 32.4 Å². The highest BCUT2D eigenvalue weighted by atomic mass is 35.5. The van der Waals surface area contributed by atoms with E-state index in [1.165, 1.54) is 5.56 Å². The summed E-state index contributed by atoms with van der Waals surface area (Å²) in [4.78, 5) is 0. The van der Waals surface area contributed by atoms with Crippen LogP contribution in [-0.2, 0) is 17.3 Å². The summed E-state index contributed by atoms with van der Waals surface area (Å²) < 4.78 is 11.3. The van der Waals surface area contributed by atoms with E-state index < -0.39 is 8.32 Å². The molecule has 0 fully saturated rings. The number of ether oxygens (including phenoxy) is 1. The highest BCUT2D eigenvalue weighted by Crippen LogP contribution is 2.40. The van der Waals surface area contributed by atoms with E-state index in [1.807, 2.05) is 30.3 Å². The third kappa shape index (κ3) is 9.83. The molecule has 0 unspecified atom stereocenters. The SMILES string of the molecule is C=CCc1ccc(O[Si](C)(C)C)c(OC)c1.CC(C)(C)c1cc([NH3+])cc(C(C)(C)C)c1O.[Cl-]. The quantitative estimate of drug-likeness (QED) is 0.494. The van der Waals surface area contributed by atoms with Gasteiger partial charge in [-0.15, -0.1) is 6.58 Å². The zero-order valence-corrected chi connectivity index (χ0v) is 24.0. The van der Waals surface area contributed by atoms with Gasteiger partial charge in [0.1, 0.15) is 17.2 Å². The van der Waals surface area contributed by atoms with Crippen molar-refractivity contribution in [3.05, 3.63) is 59.7 Å². The van der Waals surface area contributed by atoms with Crippen LogP contribution in [0.1, 0.15) is 58.2 Å². The van der Waals surface area contributed by atoms with Crippen LogP contribution in [0, 0.1) is 0 Å². The molecule has 0 saturated carbocycles. The van der Waals surface area contributed by atoms with E-state index in [1.54, 1.807) is 7.11 Å². The molecule has 0 heterocycles. The van der Waals surface area contributed by atoms with Gasteiger partial charge in [0, 0.05) is 23.3 Å². The molecule has 0 bridgehead atoms. The third-order valence-corrected chi connectivity index (χ3v) is 5.64. The Balaban J connectivity index is 0.000000602. The molecule has 0 aliphatic carbocycles. The van der Waals surface area contributed by atoms with Crippen molar-refractivity contribution in [3.8, 4) is 17.2 Å². The molecule has 2 aromatic carbocycles. The van der Waals surface area contributed by atoms with E-state index in [0.29, 0.717) is 5.75 Å². The number of halogens is 1. The van der Waals surface area contributed by atoms with Crippen molar-refractivity contribution in [3.63, 3.8) is 0 Å². The fraction of sp³-hybridized carbons (Fsp3) is 0.481. The Morgan fingerprint density at radius 3 is 1.79 bits per heavy atom. The summed E-state index contributed by atoms with van der Waals surface area (Å²) in [5.74, 6) is 2.07. The lowest BCUT2D eigenvalue weighted by Crippen LogP contribution is -3.00. The average molecular weight is 494 g/mol. The Hall–Kier alpha value is -1.95. The van der Waals surface area contributed by atoms with Gasteiger partial charge in [-0.25, -0.2) is 0 Å². The second-order valence-electron chi connectivity index (χ2n) is 11.2. The summed E-state index contributed by atoms with van der Waals surface area (Å²) in [6.45, 7) is 22.8. The minimum absolute atomic E-state index is 0. The van der Waals surface area contributed by atoms with Crippen molar-refractivity contribution in [2.75, 3.05) is 7.11 Å². The molecule has 186 valence electrons. The first-order valence-electron chi connectivity index (χ1n) is 11.2. The maximum absolute atomic E-state index is 10.4. The highest BCUT2D eigenvalue weighted by Gasteiger charge is 2.26. The van der Waals surface area contributed by atoms with Crippen LogP contribution in [0.25, 0.3) is 0 Å². The maximum atomic E-state index is 10.4. The molecule has 0 amide bonds. The van der Waals surface area contributed by atoms with Crippen molar-refractivity contribution >= 4 is 14.0 Å². The summed E-state index contributed by atoms with van der Waals surface area (Å²) in [6.07, 6.45) is 2.73. The van der Waals surface area contributed by atoms with Crippen LogP contribution in [0.4, 0.5) is 5.69 Å². The van der Waals surface area contributed by atoms with Gasteiger partial charge in [-0.1, -0.05) is 53.7 Å². The molecule has 4 N–H and O–H groups in total. The zero-order chi connectivity index (χ0) is 24.9. The largest absolute Gasteiger partial charge is 1.00 e. The van der Waals surface area contributed by atoms with E-state index in [2.05, 4.69) is 79.6 Å². The molecule has 0 radical (unpaired) electrons. The van der Waals surface area contributed by atoms with Crippen molar-refractivity contribution < 1.29 is 32.4 Å². The molecule has 2 aromatic rings. The van der Waals surface area contributed by atoms with Gasteiger partial charge in [-0.05, 0) is 54.6 Å². The highest BCUT2D eigenvalue weighted by molar-refractivity contribution is 6.70. The van der Waals surface area contributed by atoms with Gasteiger partial charge in [0.15, 0.2) is 5.75 Å². The molecule has 0 atom stereocenters. The first-order chi connectivity index (χ1) is 14.5. The molecule has 0 saturated heterocycles. The van der Waals surface area contributed by atoms with E-state index in [-0.39, 0.29) is 23.2 Å². The fourth-order valence-electron chi connectivity index (χ4n) is 3.26. The van der Waals surface area contributed by atoms with Crippen molar-refractivity contribution in [2.45, 2.75) is 78.4 Å². The number of hydrogen-bond acceptors (Lipinski definition) is 3. The molecule has 33 heavy (non-hydrogen) atoms. The van der Waals surface area contributed by atoms with Crippen molar-refractivity contribution in [1.82, 2.24) is 0 Å². The summed E-state index contributed by atoms with van der Waals surface area (Å²) in [7, 11) is 0.0890. The molecule has 4 nitrogen and oxygen atoms in total. The summed E-state index contributed by atoms with van der Waals surface area (Å²) in [5.41, 5.74) is 7.99. The fourth-order valence-corrected chi connectivity index (χ4v) is 4.09.